The maximum Gasteiger partial charge on any atom is 0.191 e. The van der Waals surface area contributed by atoms with Gasteiger partial charge in [0.05, 0.1) is 0 Å². The second-order valence-corrected chi connectivity index (χ2v) is 7.07. The van der Waals surface area contributed by atoms with Gasteiger partial charge in [0.15, 0.2) is 5.96 Å². The Morgan fingerprint density at radius 3 is 2.71 bits per heavy atom. The first-order valence-corrected chi connectivity index (χ1v) is 9.40. The fourth-order valence-electron chi connectivity index (χ4n) is 3.18. The fourth-order valence-corrected chi connectivity index (χ4v) is 3.18. The number of piperidine rings is 1. The SMILES string of the molecule is CN=C(NCCCCN1CCC(C)CC1)NCc1cccc(C)c1. The van der Waals surface area contributed by atoms with E-state index in [4.69, 9.17) is 0 Å². The van der Waals surface area contributed by atoms with Gasteiger partial charge >= 0.3 is 0 Å². The normalized spacial score (nSPS) is 17.0. The zero-order chi connectivity index (χ0) is 17.2. The molecule has 1 aromatic rings. The molecule has 1 fully saturated rings. The average molecular weight is 331 g/mol. The molecule has 0 aromatic heterocycles. The highest BCUT2D eigenvalue weighted by Gasteiger charge is 2.14. The molecule has 2 N–H and O–H groups in total. The molecule has 4 nitrogen and oxygen atoms in total. The molecule has 2 rings (SSSR count). The van der Waals surface area contributed by atoms with Crippen LogP contribution in [0.3, 0.4) is 0 Å². The maximum atomic E-state index is 4.31. The summed E-state index contributed by atoms with van der Waals surface area (Å²) in [4.78, 5) is 6.92. The number of unbranched alkanes of at least 4 members (excludes halogenated alkanes) is 1. The van der Waals surface area contributed by atoms with Gasteiger partial charge in [0, 0.05) is 20.1 Å². The fraction of sp³-hybridized carbons (Fsp3) is 0.650. The number of guanidine groups is 1. The van der Waals surface area contributed by atoms with Crippen molar-refractivity contribution < 1.29 is 0 Å². The van der Waals surface area contributed by atoms with Crippen molar-refractivity contribution >= 4 is 5.96 Å². The van der Waals surface area contributed by atoms with Crippen LogP contribution in [0.25, 0.3) is 0 Å². The number of rotatable bonds is 7. The summed E-state index contributed by atoms with van der Waals surface area (Å²) >= 11 is 0. The molecule has 24 heavy (non-hydrogen) atoms. The minimum atomic E-state index is 0.813. The Morgan fingerprint density at radius 1 is 1.21 bits per heavy atom. The Balaban J connectivity index is 1.56. The summed E-state index contributed by atoms with van der Waals surface area (Å²) in [6.07, 6.45) is 5.19. The van der Waals surface area contributed by atoms with Gasteiger partial charge in [-0.3, -0.25) is 4.99 Å². The summed E-state index contributed by atoms with van der Waals surface area (Å²) in [6, 6.07) is 8.58. The van der Waals surface area contributed by atoms with Crippen molar-refractivity contribution in [2.24, 2.45) is 10.9 Å². The smallest absolute Gasteiger partial charge is 0.191 e. The van der Waals surface area contributed by atoms with Crippen molar-refractivity contribution in [2.45, 2.75) is 46.1 Å². The summed E-state index contributed by atoms with van der Waals surface area (Å²) in [7, 11) is 1.83. The molecule has 0 atom stereocenters. The van der Waals surface area contributed by atoms with Crippen molar-refractivity contribution in [3.05, 3.63) is 35.4 Å². The van der Waals surface area contributed by atoms with Crippen molar-refractivity contribution in [3.63, 3.8) is 0 Å². The van der Waals surface area contributed by atoms with E-state index in [-0.39, 0.29) is 0 Å². The van der Waals surface area contributed by atoms with E-state index in [1.165, 1.54) is 56.4 Å². The lowest BCUT2D eigenvalue weighted by atomic mass is 9.99. The Kier molecular flexibility index (Phi) is 8.10. The highest BCUT2D eigenvalue weighted by atomic mass is 15.2. The van der Waals surface area contributed by atoms with Gasteiger partial charge in [-0.2, -0.15) is 0 Å². The predicted molar refractivity (Wildman–Crippen MR) is 103 cm³/mol. The first-order chi connectivity index (χ1) is 11.7. The van der Waals surface area contributed by atoms with Gasteiger partial charge in [-0.25, -0.2) is 0 Å². The van der Waals surface area contributed by atoms with E-state index in [1.807, 2.05) is 7.05 Å². The second-order valence-electron chi connectivity index (χ2n) is 7.07. The van der Waals surface area contributed by atoms with Crippen LogP contribution >= 0.6 is 0 Å². The van der Waals surface area contributed by atoms with E-state index >= 15 is 0 Å². The molecule has 1 saturated heterocycles. The summed E-state index contributed by atoms with van der Waals surface area (Å²) < 4.78 is 0. The number of hydrogen-bond donors (Lipinski definition) is 2. The molecule has 134 valence electrons. The molecule has 1 aliphatic heterocycles. The quantitative estimate of drug-likeness (QED) is 0.458. The van der Waals surface area contributed by atoms with Gasteiger partial charge in [0.1, 0.15) is 0 Å². The third kappa shape index (κ3) is 6.91. The molecule has 4 heteroatoms. The highest BCUT2D eigenvalue weighted by molar-refractivity contribution is 5.79. The van der Waals surface area contributed by atoms with E-state index in [1.54, 1.807) is 0 Å². The van der Waals surface area contributed by atoms with E-state index in [0.29, 0.717) is 0 Å². The van der Waals surface area contributed by atoms with Crippen LogP contribution < -0.4 is 10.6 Å². The summed E-state index contributed by atoms with van der Waals surface area (Å²) in [5, 5.41) is 6.81. The van der Waals surface area contributed by atoms with Crippen LogP contribution in [-0.2, 0) is 6.54 Å². The molecule has 0 radical (unpaired) electrons. The first-order valence-electron chi connectivity index (χ1n) is 9.40. The van der Waals surface area contributed by atoms with Gasteiger partial charge in [0.25, 0.3) is 0 Å². The summed E-state index contributed by atoms with van der Waals surface area (Å²) in [5.74, 6) is 1.81. The van der Waals surface area contributed by atoms with Crippen molar-refractivity contribution in [3.8, 4) is 0 Å². The molecular weight excluding hydrogens is 296 g/mol. The largest absolute Gasteiger partial charge is 0.356 e. The van der Waals surface area contributed by atoms with Crippen molar-refractivity contribution in [1.82, 2.24) is 15.5 Å². The van der Waals surface area contributed by atoms with E-state index < -0.39 is 0 Å². The molecule has 0 amide bonds. The number of nitrogens with one attached hydrogen (secondary N) is 2. The van der Waals surface area contributed by atoms with Crippen molar-refractivity contribution in [1.29, 1.82) is 0 Å². The first kappa shape index (κ1) is 18.8. The number of hydrogen-bond acceptors (Lipinski definition) is 2. The predicted octanol–water partition coefficient (Wildman–Crippen LogP) is 3.17. The van der Waals surface area contributed by atoms with Crippen LogP contribution in [0.15, 0.2) is 29.3 Å². The standard InChI is InChI=1S/C20H34N4/c1-17-9-13-24(14-10-17)12-5-4-11-22-20(21-3)23-16-19-8-6-7-18(2)15-19/h6-8,15,17H,4-5,9-14,16H2,1-3H3,(H2,21,22,23). The zero-order valence-corrected chi connectivity index (χ0v) is 15.6. The maximum absolute atomic E-state index is 4.31. The molecule has 1 aliphatic rings. The van der Waals surface area contributed by atoms with Gasteiger partial charge in [0.2, 0.25) is 0 Å². The average Bonchev–Trinajstić information content (AvgIpc) is 2.59. The van der Waals surface area contributed by atoms with Crippen LogP contribution in [0.5, 0.6) is 0 Å². The van der Waals surface area contributed by atoms with Crippen LogP contribution in [0.2, 0.25) is 0 Å². The van der Waals surface area contributed by atoms with Crippen LogP contribution in [0.4, 0.5) is 0 Å². The van der Waals surface area contributed by atoms with Gasteiger partial charge in [-0.1, -0.05) is 36.8 Å². The number of aryl methyl sites for hydroxylation is 1. The Hall–Kier alpha value is -1.55. The van der Waals surface area contributed by atoms with E-state index in [9.17, 15) is 0 Å². The van der Waals surface area contributed by atoms with Crippen LogP contribution in [0.1, 0.15) is 43.7 Å². The minimum Gasteiger partial charge on any atom is -0.356 e. The molecule has 0 bridgehead atoms. The summed E-state index contributed by atoms with van der Waals surface area (Å²) in [6.45, 7) is 10.1. The monoisotopic (exact) mass is 330 g/mol. The van der Waals surface area contributed by atoms with E-state index in [0.717, 1.165) is 25.0 Å². The van der Waals surface area contributed by atoms with Crippen LogP contribution in [0, 0.1) is 12.8 Å². The topological polar surface area (TPSA) is 39.7 Å². The Labute approximate surface area is 147 Å². The number of benzene rings is 1. The minimum absolute atomic E-state index is 0.813. The zero-order valence-electron chi connectivity index (χ0n) is 15.6. The molecule has 0 spiro atoms. The molecular formula is C20H34N4. The lowest BCUT2D eigenvalue weighted by molar-refractivity contribution is 0.189. The second kappa shape index (κ2) is 10.3. The number of likely N-dealkylation sites (tertiary alicyclic amines) is 1. The van der Waals surface area contributed by atoms with Gasteiger partial charge in [-0.05, 0) is 63.7 Å². The van der Waals surface area contributed by atoms with E-state index in [2.05, 4.69) is 58.6 Å². The third-order valence-electron chi connectivity index (χ3n) is 4.84. The molecule has 0 saturated carbocycles. The van der Waals surface area contributed by atoms with Crippen LogP contribution in [-0.4, -0.2) is 44.1 Å². The lowest BCUT2D eigenvalue weighted by Crippen LogP contribution is -2.38. The highest BCUT2D eigenvalue weighted by Crippen LogP contribution is 2.16. The summed E-state index contributed by atoms with van der Waals surface area (Å²) in [5.41, 5.74) is 2.58. The Morgan fingerprint density at radius 2 is 2.00 bits per heavy atom. The third-order valence-corrected chi connectivity index (χ3v) is 4.84. The molecule has 1 heterocycles. The number of nitrogens with zero attached hydrogens (tertiary/aromatic N) is 2. The van der Waals surface area contributed by atoms with Gasteiger partial charge < -0.3 is 15.5 Å². The Bertz CT molecular complexity index is 504. The number of aliphatic imine (C=N–C) groups is 1. The molecule has 1 aromatic carbocycles. The van der Waals surface area contributed by atoms with Crippen molar-refractivity contribution in [2.75, 3.05) is 33.2 Å². The molecule has 0 unspecified atom stereocenters. The molecule has 0 aliphatic carbocycles. The van der Waals surface area contributed by atoms with Gasteiger partial charge in [-0.15, -0.1) is 0 Å². The lowest BCUT2D eigenvalue weighted by Gasteiger charge is -2.30.